The van der Waals surface area contributed by atoms with E-state index in [1.807, 2.05) is 0 Å². The predicted molar refractivity (Wildman–Crippen MR) is 60.8 cm³/mol. The third-order valence-electron chi connectivity index (χ3n) is 4.37. The van der Waals surface area contributed by atoms with Crippen molar-refractivity contribution >= 4 is 0 Å². The molecular formula is C14H18O. The first-order chi connectivity index (χ1) is 7.25. The molecule has 1 N–H and O–H groups in total. The second-order valence-corrected chi connectivity index (χ2v) is 5.24. The van der Waals surface area contributed by atoms with Gasteiger partial charge in [-0.3, -0.25) is 0 Å². The predicted octanol–water partition coefficient (Wildman–Crippen LogP) is 2.87. The summed E-state index contributed by atoms with van der Waals surface area (Å²) in [6.45, 7) is 2.12. The largest absolute Gasteiger partial charge is 0.393 e. The zero-order valence-electron chi connectivity index (χ0n) is 9.19. The lowest BCUT2D eigenvalue weighted by molar-refractivity contribution is 0.126. The van der Waals surface area contributed by atoms with E-state index in [4.69, 9.17) is 0 Å². The molecule has 15 heavy (non-hydrogen) atoms. The second-order valence-electron chi connectivity index (χ2n) is 5.24. The molecule has 2 aliphatic carbocycles. The molecule has 0 aliphatic heterocycles. The molecule has 1 aromatic carbocycles. The normalized spacial score (nSPS) is 38.5. The molecule has 0 unspecified atom stereocenters. The summed E-state index contributed by atoms with van der Waals surface area (Å²) < 4.78 is 0. The summed E-state index contributed by atoms with van der Waals surface area (Å²) in [5, 5.41) is 10.0. The van der Waals surface area contributed by atoms with Crippen molar-refractivity contribution in [2.75, 3.05) is 0 Å². The monoisotopic (exact) mass is 202 g/mol. The number of benzene rings is 1. The molecule has 2 fully saturated rings. The molecule has 0 heterocycles. The van der Waals surface area contributed by atoms with Gasteiger partial charge in [-0.2, -0.15) is 0 Å². The lowest BCUT2D eigenvalue weighted by Crippen LogP contribution is -2.14. The third-order valence-corrected chi connectivity index (χ3v) is 4.37. The van der Waals surface area contributed by atoms with E-state index < -0.39 is 0 Å². The van der Waals surface area contributed by atoms with E-state index in [2.05, 4.69) is 31.2 Å². The molecule has 2 aliphatic rings. The van der Waals surface area contributed by atoms with Crippen LogP contribution in [0.1, 0.15) is 36.3 Å². The van der Waals surface area contributed by atoms with Crippen molar-refractivity contribution in [3.63, 3.8) is 0 Å². The molecule has 0 amide bonds. The highest BCUT2D eigenvalue weighted by Crippen LogP contribution is 2.52. The highest BCUT2D eigenvalue weighted by molar-refractivity contribution is 5.27. The van der Waals surface area contributed by atoms with Gasteiger partial charge in [-0.25, -0.2) is 0 Å². The first-order valence-corrected chi connectivity index (χ1v) is 6.00. The van der Waals surface area contributed by atoms with E-state index in [1.165, 1.54) is 30.4 Å². The van der Waals surface area contributed by atoms with E-state index in [9.17, 15) is 5.11 Å². The number of aliphatic hydroxyl groups is 1. The zero-order chi connectivity index (χ0) is 10.4. The highest BCUT2D eigenvalue weighted by Gasteiger charge is 2.47. The Balaban J connectivity index is 1.87. The lowest BCUT2D eigenvalue weighted by atomic mass is 9.83. The summed E-state index contributed by atoms with van der Waals surface area (Å²) in [4.78, 5) is 0. The Kier molecular flexibility index (Phi) is 2.10. The molecule has 3 rings (SSSR count). The topological polar surface area (TPSA) is 20.2 Å². The quantitative estimate of drug-likeness (QED) is 0.742. The van der Waals surface area contributed by atoms with Crippen LogP contribution in [0.15, 0.2) is 24.3 Å². The van der Waals surface area contributed by atoms with E-state index in [1.54, 1.807) is 0 Å². The van der Waals surface area contributed by atoms with Gasteiger partial charge >= 0.3 is 0 Å². The zero-order valence-corrected chi connectivity index (χ0v) is 9.19. The molecule has 0 aromatic heterocycles. The molecule has 2 saturated carbocycles. The minimum Gasteiger partial charge on any atom is -0.393 e. The molecule has 4 atom stereocenters. The van der Waals surface area contributed by atoms with Gasteiger partial charge in [0.05, 0.1) is 6.10 Å². The Hall–Kier alpha value is -0.820. The third kappa shape index (κ3) is 1.41. The fraction of sp³-hybridized carbons (Fsp3) is 0.571. The number of aryl methyl sites for hydroxylation is 1. The number of fused-ring (bicyclic) bond motifs is 2. The van der Waals surface area contributed by atoms with Crippen LogP contribution in [0.3, 0.4) is 0 Å². The molecule has 80 valence electrons. The van der Waals surface area contributed by atoms with E-state index in [-0.39, 0.29) is 6.10 Å². The average Bonchev–Trinajstić information content (AvgIpc) is 2.75. The Morgan fingerprint density at radius 1 is 1.13 bits per heavy atom. The van der Waals surface area contributed by atoms with Crippen molar-refractivity contribution < 1.29 is 5.11 Å². The summed E-state index contributed by atoms with van der Waals surface area (Å²) in [5.41, 5.74) is 2.76. The molecule has 1 nitrogen and oxygen atoms in total. The van der Waals surface area contributed by atoms with Crippen molar-refractivity contribution in [1.29, 1.82) is 0 Å². The van der Waals surface area contributed by atoms with Gasteiger partial charge in [0.1, 0.15) is 0 Å². The van der Waals surface area contributed by atoms with Crippen molar-refractivity contribution in [1.82, 2.24) is 0 Å². The number of hydrogen-bond acceptors (Lipinski definition) is 1. The van der Waals surface area contributed by atoms with Crippen LogP contribution in [-0.4, -0.2) is 11.2 Å². The van der Waals surface area contributed by atoms with Crippen molar-refractivity contribution in [2.24, 2.45) is 11.8 Å². The van der Waals surface area contributed by atoms with Gasteiger partial charge in [-0.1, -0.05) is 29.8 Å². The van der Waals surface area contributed by atoms with Crippen LogP contribution >= 0.6 is 0 Å². The fourth-order valence-electron chi connectivity index (χ4n) is 3.49. The second kappa shape index (κ2) is 3.34. The molecule has 1 heteroatoms. The summed E-state index contributed by atoms with van der Waals surface area (Å²) in [5.74, 6) is 1.75. The number of rotatable bonds is 1. The summed E-state index contributed by atoms with van der Waals surface area (Å²) >= 11 is 0. The number of hydrogen-bond donors (Lipinski definition) is 1. The Bertz CT molecular complexity index is 354. The number of aliphatic hydroxyl groups excluding tert-OH is 1. The van der Waals surface area contributed by atoms with Gasteiger partial charge in [0.2, 0.25) is 0 Å². The lowest BCUT2D eigenvalue weighted by Gasteiger charge is -2.21. The van der Waals surface area contributed by atoms with Gasteiger partial charge < -0.3 is 5.11 Å². The molecule has 0 spiro atoms. The van der Waals surface area contributed by atoms with Crippen LogP contribution in [0.25, 0.3) is 0 Å². The standard InChI is InChI=1S/C14H18O/c1-9-2-4-10(5-3-9)13-8-11-6-7-12(13)14(11)15/h2-5,11-15H,6-8H2,1H3/t11-,12+,13-,14+/m1/s1. The smallest absolute Gasteiger partial charge is 0.0602 e. The van der Waals surface area contributed by atoms with Crippen LogP contribution in [0, 0.1) is 18.8 Å². The molecule has 0 radical (unpaired) electrons. The fourth-order valence-corrected chi connectivity index (χ4v) is 3.49. The van der Waals surface area contributed by atoms with Gasteiger partial charge in [-0.15, -0.1) is 0 Å². The SMILES string of the molecule is Cc1ccc([C@H]2C[C@H]3CC[C@@H]2[C@H]3O)cc1. The molecule has 2 bridgehead atoms. The van der Waals surface area contributed by atoms with Crippen molar-refractivity contribution in [2.45, 2.75) is 38.2 Å². The van der Waals surface area contributed by atoms with Crippen molar-refractivity contribution in [3.8, 4) is 0 Å². The van der Waals surface area contributed by atoms with Crippen LogP contribution < -0.4 is 0 Å². The maximum Gasteiger partial charge on any atom is 0.0602 e. The molecular weight excluding hydrogens is 184 g/mol. The van der Waals surface area contributed by atoms with E-state index >= 15 is 0 Å². The summed E-state index contributed by atoms with van der Waals surface area (Å²) in [6.07, 6.45) is 3.66. The van der Waals surface area contributed by atoms with Crippen LogP contribution in [0.4, 0.5) is 0 Å². The summed E-state index contributed by atoms with van der Waals surface area (Å²) in [6, 6.07) is 8.86. The first-order valence-electron chi connectivity index (χ1n) is 6.00. The minimum absolute atomic E-state index is 0.0173. The minimum atomic E-state index is -0.0173. The average molecular weight is 202 g/mol. The van der Waals surface area contributed by atoms with Gasteiger partial charge in [-0.05, 0) is 49.5 Å². The molecule has 0 saturated heterocycles. The Morgan fingerprint density at radius 3 is 2.40 bits per heavy atom. The Morgan fingerprint density at radius 2 is 1.87 bits per heavy atom. The van der Waals surface area contributed by atoms with Gasteiger partial charge in [0.25, 0.3) is 0 Å². The van der Waals surface area contributed by atoms with Crippen LogP contribution in [0.2, 0.25) is 0 Å². The van der Waals surface area contributed by atoms with Gasteiger partial charge in [0, 0.05) is 0 Å². The summed E-state index contributed by atoms with van der Waals surface area (Å²) in [7, 11) is 0. The Labute approximate surface area is 91.1 Å². The maximum absolute atomic E-state index is 10.0. The highest BCUT2D eigenvalue weighted by atomic mass is 16.3. The first kappa shape index (κ1) is 9.41. The molecule has 1 aromatic rings. The van der Waals surface area contributed by atoms with Gasteiger partial charge in [0.15, 0.2) is 0 Å². The van der Waals surface area contributed by atoms with E-state index in [0.29, 0.717) is 17.8 Å². The van der Waals surface area contributed by atoms with E-state index in [0.717, 1.165) is 0 Å². The maximum atomic E-state index is 10.0. The van der Waals surface area contributed by atoms with Crippen LogP contribution in [-0.2, 0) is 0 Å². The van der Waals surface area contributed by atoms with Crippen molar-refractivity contribution in [3.05, 3.63) is 35.4 Å². The van der Waals surface area contributed by atoms with Crippen LogP contribution in [0.5, 0.6) is 0 Å².